The van der Waals surface area contributed by atoms with Gasteiger partial charge in [-0.1, -0.05) is 54.4 Å². The molecule has 1 aromatic heterocycles. The molecule has 2 aromatic rings. The second kappa shape index (κ2) is 20.4. The number of likely N-dealkylation sites (tertiary alicyclic amines) is 1. The first-order valence-electron chi connectivity index (χ1n) is 11.5. The SMILES string of the molecule is CC(O)CN1CC(NO)C1.CCC(Oc1ncc(Cl)cc1Cl)C(=O)NCc1cccc([NH-])c1.COC=O.[Y]. The second-order valence-corrected chi connectivity index (χ2v) is 8.94. The maximum atomic E-state index is 12.2. The maximum Gasteiger partial charge on any atom is 0.292 e. The van der Waals surface area contributed by atoms with Crippen LogP contribution in [-0.4, -0.2) is 77.6 Å². The van der Waals surface area contributed by atoms with Gasteiger partial charge in [0.15, 0.2) is 6.10 Å². The number of benzene rings is 1. The van der Waals surface area contributed by atoms with E-state index in [9.17, 15) is 4.79 Å². The van der Waals surface area contributed by atoms with Gasteiger partial charge in [-0.25, -0.2) is 4.98 Å². The van der Waals surface area contributed by atoms with E-state index >= 15 is 0 Å². The zero-order chi connectivity index (χ0) is 27.8. The molecule has 14 heteroatoms. The van der Waals surface area contributed by atoms with Crippen LogP contribution in [0.1, 0.15) is 25.8 Å². The molecule has 1 fully saturated rings. The number of β-amino-alcohol motifs (C(OH)–C–C–N with tert-alkyl or cyclic N) is 1. The average Bonchev–Trinajstić information content (AvgIpc) is 2.84. The zero-order valence-corrected chi connectivity index (χ0v) is 25.9. The van der Waals surface area contributed by atoms with Crippen molar-refractivity contribution < 1.29 is 62.1 Å². The maximum absolute atomic E-state index is 12.2. The van der Waals surface area contributed by atoms with Gasteiger partial charge in [0.05, 0.1) is 24.3 Å². The monoisotopic (exact) mass is 647 g/mol. The number of halogens is 2. The molecule has 38 heavy (non-hydrogen) atoms. The van der Waals surface area contributed by atoms with Gasteiger partial charge in [0.25, 0.3) is 12.4 Å². The predicted molar refractivity (Wildman–Crippen MR) is 141 cm³/mol. The van der Waals surface area contributed by atoms with E-state index in [0.29, 0.717) is 36.7 Å². The van der Waals surface area contributed by atoms with Crippen molar-refractivity contribution in [3.05, 3.63) is 57.9 Å². The number of hydrogen-bond donors (Lipinski definition) is 4. The Hall–Kier alpha value is -1.57. The van der Waals surface area contributed by atoms with Gasteiger partial charge in [0.2, 0.25) is 5.88 Å². The Balaban J connectivity index is 0.000000757. The number of methoxy groups -OCH3 is 1. The molecule has 1 saturated heterocycles. The fraction of sp³-hybridized carbons (Fsp3) is 0.458. The minimum atomic E-state index is -0.708. The number of aliphatic hydroxyl groups excluding tert-OH is 1. The van der Waals surface area contributed by atoms with Crippen molar-refractivity contribution in [1.29, 1.82) is 0 Å². The first kappa shape index (κ1) is 36.4. The standard InChI is InChI=1S/C16H16Cl2N3O2.C6H14N2O2.C2H4O2.Y/c1-2-14(23-16-13(18)7-11(17)9-21-16)15(22)20-8-10-4-3-5-12(19)6-10;1-5(9)2-8-3-6(4-8)7-10;1-4-2-3;/h3-7,9,14,19H,2,8H2,1H3,(H,20,22);5-7,9-10H,2-4H2,1H3;2H,1H3;/q-1;;;. The molecule has 3 rings (SSSR count). The van der Waals surface area contributed by atoms with Crippen LogP contribution in [0.3, 0.4) is 0 Å². The Morgan fingerprint density at radius 3 is 2.50 bits per heavy atom. The molecule has 0 spiro atoms. The molecule has 2 atom stereocenters. The molecule has 1 amide bonds. The molecule has 0 bridgehead atoms. The summed E-state index contributed by atoms with van der Waals surface area (Å²) in [7, 11) is 1.31. The van der Waals surface area contributed by atoms with Crippen LogP contribution in [-0.2, 0) is 53.6 Å². The Bertz CT molecular complexity index is 970. The number of pyridine rings is 1. The van der Waals surface area contributed by atoms with Crippen molar-refractivity contribution in [2.24, 2.45) is 0 Å². The van der Waals surface area contributed by atoms with Crippen LogP contribution in [0.15, 0.2) is 36.5 Å². The van der Waals surface area contributed by atoms with E-state index in [1.54, 1.807) is 25.1 Å². The van der Waals surface area contributed by atoms with Gasteiger partial charge >= 0.3 is 0 Å². The van der Waals surface area contributed by atoms with Crippen LogP contribution in [0.2, 0.25) is 10.0 Å². The fourth-order valence-electron chi connectivity index (χ4n) is 3.10. The van der Waals surface area contributed by atoms with E-state index in [1.165, 1.54) is 19.4 Å². The van der Waals surface area contributed by atoms with E-state index in [2.05, 4.69) is 25.4 Å². The first-order valence-corrected chi connectivity index (χ1v) is 12.2. The largest absolute Gasteiger partial charge is 0.699 e. The summed E-state index contributed by atoms with van der Waals surface area (Å²) < 4.78 is 9.43. The number of nitrogens with one attached hydrogen (secondary N) is 3. The molecule has 11 nitrogen and oxygen atoms in total. The molecule has 5 N–H and O–H groups in total. The number of aromatic nitrogens is 1. The first-order chi connectivity index (χ1) is 17.6. The third-order valence-electron chi connectivity index (χ3n) is 4.84. The molecule has 1 aromatic carbocycles. The van der Waals surface area contributed by atoms with Gasteiger partial charge in [0, 0.05) is 65.1 Å². The van der Waals surface area contributed by atoms with E-state index in [-0.39, 0.29) is 61.7 Å². The van der Waals surface area contributed by atoms with Crippen LogP contribution >= 0.6 is 23.2 Å². The number of amides is 1. The van der Waals surface area contributed by atoms with Crippen LogP contribution < -0.4 is 15.5 Å². The van der Waals surface area contributed by atoms with Gasteiger partial charge in [0.1, 0.15) is 5.02 Å². The molecule has 1 aliphatic heterocycles. The van der Waals surface area contributed by atoms with Crippen molar-refractivity contribution >= 4 is 41.3 Å². The number of aliphatic hydroxyl groups is 1. The molecular formula is C24H34Cl2N5O6Y-. The fourth-order valence-corrected chi connectivity index (χ4v) is 3.53. The molecule has 2 unspecified atom stereocenters. The zero-order valence-electron chi connectivity index (χ0n) is 21.6. The van der Waals surface area contributed by atoms with Crippen LogP contribution in [0.25, 0.3) is 5.73 Å². The van der Waals surface area contributed by atoms with Gasteiger partial charge in [-0.2, -0.15) is 5.48 Å². The van der Waals surface area contributed by atoms with Crippen LogP contribution in [0.5, 0.6) is 5.88 Å². The van der Waals surface area contributed by atoms with Crippen LogP contribution in [0, 0.1) is 0 Å². The third-order valence-corrected chi connectivity index (χ3v) is 5.32. The van der Waals surface area contributed by atoms with Crippen molar-refractivity contribution in [1.82, 2.24) is 20.7 Å². The van der Waals surface area contributed by atoms with E-state index in [0.717, 1.165) is 18.7 Å². The smallest absolute Gasteiger partial charge is 0.292 e. The molecule has 0 aliphatic carbocycles. The van der Waals surface area contributed by atoms with E-state index in [4.69, 9.17) is 48.8 Å². The topological polar surface area (TPSA) is 157 Å². The average molecular weight is 648 g/mol. The summed E-state index contributed by atoms with van der Waals surface area (Å²) in [6, 6.07) is 8.71. The molecule has 0 saturated carbocycles. The Morgan fingerprint density at radius 1 is 1.34 bits per heavy atom. The van der Waals surface area contributed by atoms with E-state index in [1.807, 2.05) is 13.0 Å². The number of hydroxylamine groups is 1. The minimum Gasteiger partial charge on any atom is -0.699 e. The third kappa shape index (κ3) is 14.5. The number of hydrogen-bond acceptors (Lipinski definition) is 9. The minimum absolute atomic E-state index is 0. The van der Waals surface area contributed by atoms with Gasteiger partial charge in [-0.15, -0.1) is 5.69 Å². The summed E-state index contributed by atoms with van der Waals surface area (Å²) in [5.74, 6) is -0.0954. The van der Waals surface area contributed by atoms with Gasteiger partial charge in [-0.3, -0.25) is 14.5 Å². The van der Waals surface area contributed by atoms with Gasteiger partial charge < -0.3 is 30.8 Å². The Kier molecular flexibility index (Phi) is 19.5. The molecule has 209 valence electrons. The number of carbonyl (C=O) groups excluding carboxylic acids is 2. The van der Waals surface area contributed by atoms with Crippen molar-refractivity contribution in [2.75, 3.05) is 26.7 Å². The summed E-state index contributed by atoms with van der Waals surface area (Å²) in [4.78, 5) is 27.3. The molecular weight excluding hydrogens is 614 g/mol. The summed E-state index contributed by atoms with van der Waals surface area (Å²) in [5, 5.41) is 20.8. The normalized spacial score (nSPS) is 14.1. The molecule has 1 aliphatic rings. The summed E-state index contributed by atoms with van der Waals surface area (Å²) in [5.41, 5.74) is 11.0. The van der Waals surface area contributed by atoms with Crippen molar-refractivity contribution in [2.45, 2.75) is 45.1 Å². The number of nitrogens with zero attached hydrogens (tertiary/aromatic N) is 2. The summed E-state index contributed by atoms with van der Waals surface area (Å²) >= 11 is 11.8. The summed E-state index contributed by atoms with van der Waals surface area (Å²) in [6.07, 6.45) is 0.901. The summed E-state index contributed by atoms with van der Waals surface area (Å²) in [6.45, 7) is 6.67. The van der Waals surface area contributed by atoms with E-state index < -0.39 is 6.10 Å². The number of ether oxygens (including phenoxy) is 2. The quantitative estimate of drug-likeness (QED) is 0.224. The predicted octanol–water partition coefficient (Wildman–Crippen LogP) is 3.36. The van der Waals surface area contributed by atoms with Gasteiger partial charge in [-0.05, 0) is 25.0 Å². The molecule has 2 heterocycles. The van der Waals surface area contributed by atoms with Crippen molar-refractivity contribution in [3.8, 4) is 5.88 Å². The Labute approximate surface area is 258 Å². The molecule has 1 radical (unpaired) electrons. The van der Waals surface area contributed by atoms with Crippen LogP contribution in [0.4, 0.5) is 5.69 Å². The number of rotatable bonds is 10. The Morgan fingerprint density at radius 2 is 2.00 bits per heavy atom. The van der Waals surface area contributed by atoms with Crippen molar-refractivity contribution in [3.63, 3.8) is 0 Å². The number of carbonyl (C=O) groups is 2. The second-order valence-electron chi connectivity index (χ2n) is 8.10.